The van der Waals surface area contributed by atoms with Gasteiger partial charge in [0, 0.05) is 17.5 Å². The van der Waals surface area contributed by atoms with Gasteiger partial charge in [0.05, 0.1) is 6.61 Å². The first-order chi connectivity index (χ1) is 7.77. The second kappa shape index (κ2) is 5.07. The van der Waals surface area contributed by atoms with Crippen molar-refractivity contribution in [1.82, 2.24) is 4.90 Å². The molecule has 17 heavy (non-hydrogen) atoms. The van der Waals surface area contributed by atoms with E-state index in [0.29, 0.717) is 12.3 Å². The maximum atomic E-state index is 10.0. The Hall–Kier alpha value is -1.06. The summed E-state index contributed by atoms with van der Waals surface area (Å²) >= 11 is 0. The summed E-state index contributed by atoms with van der Waals surface area (Å²) in [5.74, 6) is 0.358. The van der Waals surface area contributed by atoms with E-state index >= 15 is 0 Å². The van der Waals surface area contributed by atoms with Crippen LogP contribution in [0.15, 0.2) is 12.1 Å². The molecular formula is C14H23NO2. The predicted molar refractivity (Wildman–Crippen MR) is 70.3 cm³/mol. The normalized spacial score (nSPS) is 12.2. The largest absolute Gasteiger partial charge is 0.507 e. The number of phenols is 1. The summed E-state index contributed by atoms with van der Waals surface area (Å²) in [6, 6.07) is 3.93. The number of hydrogen-bond acceptors (Lipinski definition) is 3. The van der Waals surface area contributed by atoms with Crippen LogP contribution in [0.4, 0.5) is 0 Å². The monoisotopic (exact) mass is 237 g/mol. The number of benzene rings is 1. The highest BCUT2D eigenvalue weighted by molar-refractivity contribution is 5.45. The number of hydrogen-bond donors (Lipinski definition) is 2. The van der Waals surface area contributed by atoms with Crippen LogP contribution in [-0.2, 0) is 12.0 Å². The molecule has 3 nitrogen and oxygen atoms in total. The number of aliphatic hydroxyl groups is 1. The number of aliphatic hydroxyl groups excluding tert-OH is 1. The first-order valence-electron chi connectivity index (χ1n) is 5.86. The topological polar surface area (TPSA) is 43.7 Å². The zero-order chi connectivity index (χ0) is 13.2. The fourth-order valence-electron chi connectivity index (χ4n) is 1.80. The van der Waals surface area contributed by atoms with Crippen LogP contribution in [-0.4, -0.2) is 35.8 Å². The molecule has 0 radical (unpaired) electrons. The summed E-state index contributed by atoms with van der Waals surface area (Å²) in [5.41, 5.74) is 2.55. The van der Waals surface area contributed by atoms with Gasteiger partial charge in [-0.3, -0.25) is 0 Å². The Balaban J connectivity index is 3.23. The minimum atomic E-state index is -0.278. The Morgan fingerprint density at radius 2 is 1.82 bits per heavy atom. The van der Waals surface area contributed by atoms with E-state index in [-0.39, 0.29) is 12.0 Å². The number of rotatable bonds is 4. The Kier molecular flexibility index (Phi) is 4.17. The molecule has 96 valence electrons. The molecule has 0 unspecified atom stereocenters. The molecule has 0 amide bonds. The van der Waals surface area contributed by atoms with Crippen LogP contribution in [0.1, 0.15) is 30.5 Å². The van der Waals surface area contributed by atoms with Crippen LogP contribution in [0, 0.1) is 6.92 Å². The van der Waals surface area contributed by atoms with Gasteiger partial charge in [-0.05, 0) is 32.1 Å². The van der Waals surface area contributed by atoms with Gasteiger partial charge in [-0.15, -0.1) is 0 Å². The summed E-state index contributed by atoms with van der Waals surface area (Å²) in [6.07, 6.45) is 0. The quantitative estimate of drug-likeness (QED) is 0.842. The second-order valence-corrected chi connectivity index (χ2v) is 5.58. The van der Waals surface area contributed by atoms with Gasteiger partial charge in [-0.25, -0.2) is 0 Å². The Morgan fingerprint density at radius 1 is 1.24 bits per heavy atom. The number of phenolic OH excluding ortho intramolecular Hbond substituents is 1. The van der Waals surface area contributed by atoms with E-state index in [1.165, 1.54) is 0 Å². The molecule has 0 aliphatic carbocycles. The maximum absolute atomic E-state index is 10.0. The van der Waals surface area contributed by atoms with Crippen LogP contribution in [0.25, 0.3) is 0 Å². The van der Waals surface area contributed by atoms with Crippen molar-refractivity contribution < 1.29 is 10.2 Å². The maximum Gasteiger partial charge on any atom is 0.122 e. The van der Waals surface area contributed by atoms with E-state index in [9.17, 15) is 10.2 Å². The zero-order valence-corrected chi connectivity index (χ0v) is 11.4. The molecule has 0 fully saturated rings. The molecule has 0 aliphatic heterocycles. The highest BCUT2D eigenvalue weighted by Gasteiger charge is 2.21. The van der Waals surface area contributed by atoms with E-state index < -0.39 is 0 Å². The van der Waals surface area contributed by atoms with Gasteiger partial charge in [0.15, 0.2) is 0 Å². The summed E-state index contributed by atoms with van der Waals surface area (Å²) < 4.78 is 0. The SMILES string of the molecule is Cc1cc(C(C)(C)CO)cc(CN(C)C)c1O. The van der Waals surface area contributed by atoms with Gasteiger partial charge in [-0.1, -0.05) is 26.0 Å². The molecule has 0 saturated carbocycles. The second-order valence-electron chi connectivity index (χ2n) is 5.58. The molecule has 0 aliphatic rings. The van der Waals surface area contributed by atoms with E-state index in [1.807, 2.05) is 51.9 Å². The van der Waals surface area contributed by atoms with Crippen molar-refractivity contribution in [2.75, 3.05) is 20.7 Å². The summed E-state index contributed by atoms with van der Waals surface area (Å²) in [5, 5.41) is 19.4. The Morgan fingerprint density at radius 3 is 2.29 bits per heavy atom. The van der Waals surface area contributed by atoms with Gasteiger partial charge in [0.2, 0.25) is 0 Å². The van der Waals surface area contributed by atoms with Crippen LogP contribution in [0.5, 0.6) is 5.75 Å². The van der Waals surface area contributed by atoms with Crippen molar-refractivity contribution in [2.45, 2.75) is 32.7 Å². The first kappa shape index (κ1) is 14.0. The van der Waals surface area contributed by atoms with Gasteiger partial charge >= 0.3 is 0 Å². The van der Waals surface area contributed by atoms with Crippen molar-refractivity contribution in [3.05, 3.63) is 28.8 Å². The van der Waals surface area contributed by atoms with Crippen molar-refractivity contribution in [3.8, 4) is 5.75 Å². The molecule has 0 atom stereocenters. The van der Waals surface area contributed by atoms with Gasteiger partial charge < -0.3 is 15.1 Å². The first-order valence-corrected chi connectivity index (χ1v) is 5.86. The van der Waals surface area contributed by atoms with Crippen LogP contribution in [0.2, 0.25) is 0 Å². The fourth-order valence-corrected chi connectivity index (χ4v) is 1.80. The molecule has 2 N–H and O–H groups in total. The van der Waals surface area contributed by atoms with Crippen LogP contribution >= 0.6 is 0 Å². The number of nitrogens with zero attached hydrogens (tertiary/aromatic N) is 1. The molecule has 0 saturated heterocycles. The summed E-state index contributed by atoms with van der Waals surface area (Å²) in [4.78, 5) is 2.02. The number of aromatic hydroxyl groups is 1. The van der Waals surface area contributed by atoms with Crippen LogP contribution in [0.3, 0.4) is 0 Å². The van der Waals surface area contributed by atoms with Gasteiger partial charge in [-0.2, -0.15) is 0 Å². The van der Waals surface area contributed by atoms with E-state index in [1.54, 1.807) is 0 Å². The lowest BCUT2D eigenvalue weighted by Gasteiger charge is -2.25. The number of aryl methyl sites for hydroxylation is 1. The average molecular weight is 237 g/mol. The van der Waals surface area contributed by atoms with Crippen molar-refractivity contribution in [3.63, 3.8) is 0 Å². The average Bonchev–Trinajstić information content (AvgIpc) is 2.23. The summed E-state index contributed by atoms with van der Waals surface area (Å²) in [7, 11) is 3.94. The summed E-state index contributed by atoms with van der Waals surface area (Å²) in [6.45, 7) is 6.68. The van der Waals surface area contributed by atoms with Crippen molar-refractivity contribution in [2.24, 2.45) is 0 Å². The molecule has 0 spiro atoms. The smallest absolute Gasteiger partial charge is 0.122 e. The standard InChI is InChI=1S/C14H23NO2/c1-10-6-12(14(2,3)9-16)7-11(13(10)17)8-15(4)5/h6-7,16-17H,8-9H2,1-5H3. The highest BCUT2D eigenvalue weighted by atomic mass is 16.3. The molecule has 0 bridgehead atoms. The van der Waals surface area contributed by atoms with Crippen molar-refractivity contribution in [1.29, 1.82) is 0 Å². The third-order valence-corrected chi connectivity index (χ3v) is 3.04. The lowest BCUT2D eigenvalue weighted by molar-refractivity contribution is 0.218. The van der Waals surface area contributed by atoms with Crippen LogP contribution < -0.4 is 0 Å². The minimum absolute atomic E-state index is 0.0959. The molecule has 0 aromatic heterocycles. The fraction of sp³-hybridized carbons (Fsp3) is 0.571. The highest BCUT2D eigenvalue weighted by Crippen LogP contribution is 2.31. The lowest BCUT2D eigenvalue weighted by Crippen LogP contribution is -2.23. The molecule has 1 aromatic rings. The molecule has 3 heteroatoms. The predicted octanol–water partition coefficient (Wildman–Crippen LogP) is 2.03. The third kappa shape index (κ3) is 3.20. The van der Waals surface area contributed by atoms with E-state index in [4.69, 9.17) is 0 Å². The lowest BCUT2D eigenvalue weighted by atomic mass is 9.83. The molecule has 1 aromatic carbocycles. The zero-order valence-electron chi connectivity index (χ0n) is 11.4. The van der Waals surface area contributed by atoms with Gasteiger partial charge in [0.25, 0.3) is 0 Å². The molecule has 0 heterocycles. The minimum Gasteiger partial charge on any atom is -0.507 e. The Bertz CT molecular complexity index is 397. The van der Waals surface area contributed by atoms with Crippen molar-refractivity contribution >= 4 is 0 Å². The third-order valence-electron chi connectivity index (χ3n) is 3.04. The van der Waals surface area contributed by atoms with Gasteiger partial charge in [0.1, 0.15) is 5.75 Å². The van der Waals surface area contributed by atoms with E-state index in [0.717, 1.165) is 16.7 Å². The van der Waals surface area contributed by atoms with E-state index in [2.05, 4.69) is 0 Å². The molecule has 1 rings (SSSR count). The Labute approximate surface area is 104 Å². The molecular weight excluding hydrogens is 214 g/mol.